The Morgan fingerprint density at radius 2 is 2.36 bits per heavy atom. The van der Waals surface area contributed by atoms with Crippen LogP contribution in [0.15, 0.2) is 5.38 Å². The molecule has 2 unspecified atom stereocenters. The zero-order chi connectivity index (χ0) is 16.1. The van der Waals surface area contributed by atoms with Gasteiger partial charge in [0.15, 0.2) is 0 Å². The molecule has 0 spiro atoms. The minimum Gasteiger partial charge on any atom is -0.336 e. The number of likely N-dealkylation sites (tertiary alicyclic amines) is 1. The first kappa shape index (κ1) is 16.9. The van der Waals surface area contributed by atoms with Gasteiger partial charge < -0.3 is 4.90 Å². The van der Waals surface area contributed by atoms with Crippen molar-refractivity contribution in [3.63, 3.8) is 0 Å². The smallest absolute Gasteiger partial charge is 0.233 e. The Hall–Kier alpha value is -1.47. The van der Waals surface area contributed by atoms with Crippen molar-refractivity contribution in [1.29, 1.82) is 0 Å². The molecule has 1 aliphatic heterocycles. The molecule has 2 atom stereocenters. The molecule has 2 heterocycles. The summed E-state index contributed by atoms with van der Waals surface area (Å²) in [6.07, 6.45) is 3.41. The molecule has 1 N–H and O–H groups in total. The average molecular weight is 325 g/mol. The Kier molecular flexibility index (Phi) is 5.90. The Labute approximate surface area is 134 Å². The monoisotopic (exact) mass is 325 g/mol. The van der Waals surface area contributed by atoms with Gasteiger partial charge in [-0.25, -0.2) is 10.0 Å². The minimum atomic E-state index is -0.318. The van der Waals surface area contributed by atoms with E-state index in [0.29, 0.717) is 24.6 Å². The number of amides is 2. The van der Waals surface area contributed by atoms with E-state index < -0.39 is 0 Å². The fraction of sp³-hybridized carbons (Fsp3) is 0.667. The lowest BCUT2D eigenvalue weighted by Gasteiger charge is -2.19. The van der Waals surface area contributed by atoms with Crippen LogP contribution in [-0.4, -0.2) is 45.6 Å². The number of carbonyl (C=O) groups is 2. The van der Waals surface area contributed by atoms with Crippen molar-refractivity contribution in [3.05, 3.63) is 16.1 Å². The minimum absolute atomic E-state index is 0.00709. The Morgan fingerprint density at radius 1 is 1.59 bits per heavy atom. The van der Waals surface area contributed by atoms with Crippen molar-refractivity contribution in [2.45, 2.75) is 39.7 Å². The quantitative estimate of drug-likeness (QED) is 0.451. The van der Waals surface area contributed by atoms with Crippen LogP contribution in [0.4, 0.5) is 0 Å². The van der Waals surface area contributed by atoms with Crippen LogP contribution in [0.25, 0.3) is 0 Å². The molecule has 1 aliphatic rings. The van der Waals surface area contributed by atoms with Gasteiger partial charge in [0.25, 0.3) is 0 Å². The van der Waals surface area contributed by atoms with Crippen molar-refractivity contribution in [1.82, 2.24) is 14.9 Å². The molecular formula is C15H23N3O3S. The fourth-order valence-electron chi connectivity index (χ4n) is 2.99. The van der Waals surface area contributed by atoms with Crippen molar-refractivity contribution in [3.8, 4) is 0 Å². The van der Waals surface area contributed by atoms with Gasteiger partial charge in [0.05, 0.1) is 29.7 Å². The summed E-state index contributed by atoms with van der Waals surface area (Å²) in [7, 11) is 0. The molecule has 0 radical (unpaired) electrons. The maximum atomic E-state index is 12.6. The predicted molar refractivity (Wildman–Crippen MR) is 83.3 cm³/mol. The molecule has 1 aromatic heterocycles. The summed E-state index contributed by atoms with van der Waals surface area (Å²) in [5.41, 5.74) is 0.905. The highest BCUT2D eigenvalue weighted by atomic mass is 32.1. The van der Waals surface area contributed by atoms with E-state index in [-0.39, 0.29) is 24.3 Å². The first-order valence-corrected chi connectivity index (χ1v) is 8.53. The Morgan fingerprint density at radius 3 is 2.95 bits per heavy atom. The normalized spacial score (nSPS) is 21.4. The van der Waals surface area contributed by atoms with Gasteiger partial charge in [0, 0.05) is 11.9 Å². The van der Waals surface area contributed by atoms with E-state index in [4.69, 9.17) is 0 Å². The van der Waals surface area contributed by atoms with E-state index in [1.165, 1.54) is 0 Å². The number of aromatic nitrogens is 1. The molecule has 122 valence electrons. The Bertz CT molecular complexity index is 520. The van der Waals surface area contributed by atoms with E-state index in [1.807, 2.05) is 12.3 Å². The van der Waals surface area contributed by atoms with Crippen LogP contribution in [0.5, 0.6) is 0 Å². The molecule has 1 saturated heterocycles. The summed E-state index contributed by atoms with van der Waals surface area (Å²) >= 11 is 1.58. The van der Waals surface area contributed by atoms with Crippen LogP contribution >= 0.6 is 11.3 Å². The predicted octanol–water partition coefficient (Wildman–Crippen LogP) is 2.06. The van der Waals surface area contributed by atoms with Gasteiger partial charge in [-0.2, -0.15) is 0 Å². The van der Waals surface area contributed by atoms with Gasteiger partial charge >= 0.3 is 0 Å². The molecular weight excluding hydrogens is 302 g/mol. The third kappa shape index (κ3) is 4.04. The van der Waals surface area contributed by atoms with E-state index in [1.54, 1.807) is 16.2 Å². The second-order valence-electron chi connectivity index (χ2n) is 5.81. The highest BCUT2D eigenvalue weighted by molar-refractivity contribution is 7.09. The first-order valence-electron chi connectivity index (χ1n) is 7.65. The lowest BCUT2D eigenvalue weighted by atomic mass is 9.90. The molecule has 0 aliphatic carbocycles. The van der Waals surface area contributed by atoms with Gasteiger partial charge in [0.2, 0.25) is 12.3 Å². The first-order chi connectivity index (χ1) is 10.5. The van der Waals surface area contributed by atoms with Crippen molar-refractivity contribution in [2.75, 3.05) is 13.1 Å². The van der Waals surface area contributed by atoms with Crippen molar-refractivity contribution < 1.29 is 14.8 Å². The maximum Gasteiger partial charge on any atom is 0.233 e. The van der Waals surface area contributed by atoms with Gasteiger partial charge in [-0.15, -0.1) is 11.3 Å². The zero-order valence-corrected chi connectivity index (χ0v) is 13.9. The van der Waals surface area contributed by atoms with Gasteiger partial charge in [0.1, 0.15) is 0 Å². The molecule has 1 aromatic rings. The van der Waals surface area contributed by atoms with Crippen LogP contribution < -0.4 is 0 Å². The number of thiazole rings is 1. The number of rotatable bonds is 8. The van der Waals surface area contributed by atoms with E-state index in [2.05, 4.69) is 11.9 Å². The second kappa shape index (κ2) is 7.69. The van der Waals surface area contributed by atoms with E-state index >= 15 is 0 Å². The van der Waals surface area contributed by atoms with E-state index in [9.17, 15) is 14.8 Å². The molecule has 6 nitrogen and oxygen atoms in total. The highest BCUT2D eigenvalue weighted by Gasteiger charge is 2.40. The van der Waals surface area contributed by atoms with Gasteiger partial charge in [-0.05, 0) is 19.3 Å². The number of aryl methyl sites for hydroxylation is 1. The van der Waals surface area contributed by atoms with E-state index in [0.717, 1.165) is 30.0 Å². The standard InChI is InChI=1S/C15H23N3O3S/c1-3-4-5-12-6-17(7-13-9-22-11(2)16-13)15(20)14(12)8-18(21)10-19/h9-10,12,14,21H,3-8H2,1-2H3. The summed E-state index contributed by atoms with van der Waals surface area (Å²) in [6, 6.07) is 0. The van der Waals surface area contributed by atoms with Crippen molar-refractivity contribution in [2.24, 2.45) is 11.8 Å². The lowest BCUT2D eigenvalue weighted by molar-refractivity contribution is -0.155. The summed E-state index contributed by atoms with van der Waals surface area (Å²) in [4.78, 5) is 29.4. The number of unbranched alkanes of at least 4 members (excludes halogenated alkanes) is 1. The van der Waals surface area contributed by atoms with Crippen LogP contribution in [0.2, 0.25) is 0 Å². The SMILES string of the molecule is CCCCC1CN(Cc2csc(C)n2)C(=O)C1CN(O)C=O. The van der Waals surface area contributed by atoms with Crippen molar-refractivity contribution >= 4 is 23.7 Å². The summed E-state index contributed by atoms with van der Waals surface area (Å²) in [5, 5.41) is 13.0. The average Bonchev–Trinajstić information content (AvgIpc) is 3.03. The summed E-state index contributed by atoms with van der Waals surface area (Å²) in [6.45, 7) is 5.32. The van der Waals surface area contributed by atoms with Crippen LogP contribution in [0.3, 0.4) is 0 Å². The zero-order valence-electron chi connectivity index (χ0n) is 13.1. The number of hydrogen-bond acceptors (Lipinski definition) is 5. The Balaban J connectivity index is 2.05. The van der Waals surface area contributed by atoms with Crippen LogP contribution in [0, 0.1) is 18.8 Å². The number of hydroxylamine groups is 2. The molecule has 1 fully saturated rings. The third-order valence-electron chi connectivity index (χ3n) is 4.11. The molecule has 0 saturated carbocycles. The topological polar surface area (TPSA) is 73.7 Å². The summed E-state index contributed by atoms with van der Waals surface area (Å²) in [5.74, 6) is -0.129. The molecule has 0 bridgehead atoms. The molecule has 0 aromatic carbocycles. The lowest BCUT2D eigenvalue weighted by Crippen LogP contribution is -2.33. The number of hydrogen-bond donors (Lipinski definition) is 1. The fourth-order valence-corrected chi connectivity index (χ4v) is 3.59. The number of carbonyl (C=O) groups excluding carboxylic acids is 2. The van der Waals surface area contributed by atoms with Gasteiger partial charge in [-0.1, -0.05) is 19.8 Å². The molecule has 2 amide bonds. The van der Waals surface area contributed by atoms with Gasteiger partial charge in [-0.3, -0.25) is 14.8 Å². The van der Waals surface area contributed by atoms with Crippen LogP contribution in [0.1, 0.15) is 36.9 Å². The second-order valence-corrected chi connectivity index (χ2v) is 6.88. The summed E-state index contributed by atoms with van der Waals surface area (Å²) < 4.78 is 0. The highest BCUT2D eigenvalue weighted by Crippen LogP contribution is 2.30. The molecule has 2 rings (SSSR count). The molecule has 7 heteroatoms. The number of nitrogens with zero attached hydrogens (tertiary/aromatic N) is 3. The molecule has 22 heavy (non-hydrogen) atoms. The van der Waals surface area contributed by atoms with Crippen LogP contribution in [-0.2, 0) is 16.1 Å². The maximum absolute atomic E-state index is 12.6. The third-order valence-corrected chi connectivity index (χ3v) is 4.93. The largest absolute Gasteiger partial charge is 0.336 e.